The van der Waals surface area contributed by atoms with E-state index in [1.165, 1.54) is 0 Å². The summed E-state index contributed by atoms with van der Waals surface area (Å²) in [7, 11) is 0. The van der Waals surface area contributed by atoms with E-state index < -0.39 is 0 Å². The predicted molar refractivity (Wildman–Crippen MR) is 85.8 cm³/mol. The van der Waals surface area contributed by atoms with E-state index in [1.54, 1.807) is 6.92 Å². The number of hydrogen-bond acceptors (Lipinski definition) is 3. The maximum absolute atomic E-state index is 5.94. The van der Waals surface area contributed by atoms with Gasteiger partial charge in [0.1, 0.15) is 5.17 Å². The van der Waals surface area contributed by atoms with Gasteiger partial charge in [-0.3, -0.25) is 0 Å². The van der Waals surface area contributed by atoms with Crippen LogP contribution >= 0.6 is 11.6 Å². The molecule has 0 aromatic heterocycles. The summed E-state index contributed by atoms with van der Waals surface area (Å²) >= 11 is 5.85. The number of hydrogen-bond donors (Lipinski definition) is 2. The third kappa shape index (κ3) is 5.97. The molecule has 4 N–H and O–H groups in total. The van der Waals surface area contributed by atoms with Gasteiger partial charge in [-0.15, -0.1) is 6.58 Å². The van der Waals surface area contributed by atoms with Gasteiger partial charge < -0.3 is 11.5 Å². The summed E-state index contributed by atoms with van der Waals surface area (Å²) in [5, 5.41) is 0.436. The Bertz CT molecular complexity index is 390. The van der Waals surface area contributed by atoms with E-state index in [9.17, 15) is 0 Å². The lowest BCUT2D eigenvalue weighted by atomic mass is 9.82. The van der Waals surface area contributed by atoms with Gasteiger partial charge >= 0.3 is 0 Å². The molecule has 0 amide bonds. The van der Waals surface area contributed by atoms with Crippen molar-refractivity contribution in [2.75, 3.05) is 0 Å². The SMILES string of the molecule is C=CC(C(C)C)C(C)CC(/N=C(\C)Cl)=C(\N)C(=C)N. The van der Waals surface area contributed by atoms with Crippen LogP contribution in [0.25, 0.3) is 0 Å². The molecule has 0 heterocycles. The summed E-state index contributed by atoms with van der Waals surface area (Å²) in [6.07, 6.45) is 2.68. The normalized spacial score (nSPS) is 16.8. The van der Waals surface area contributed by atoms with E-state index in [-0.39, 0.29) is 0 Å². The molecule has 0 aromatic rings. The van der Waals surface area contributed by atoms with E-state index in [2.05, 4.69) is 38.9 Å². The van der Waals surface area contributed by atoms with Gasteiger partial charge in [-0.05, 0) is 31.1 Å². The average Bonchev–Trinajstić information content (AvgIpc) is 2.26. The zero-order chi connectivity index (χ0) is 15.2. The third-order valence-corrected chi connectivity index (χ3v) is 3.24. The summed E-state index contributed by atoms with van der Waals surface area (Å²) in [6.45, 7) is 15.8. The van der Waals surface area contributed by atoms with Crippen LogP contribution in [0.5, 0.6) is 0 Å². The van der Waals surface area contributed by atoms with Gasteiger partial charge in [-0.2, -0.15) is 0 Å². The molecule has 4 heteroatoms. The lowest BCUT2D eigenvalue weighted by Crippen LogP contribution is -2.18. The summed E-state index contributed by atoms with van der Waals surface area (Å²) in [5.41, 5.74) is 13.0. The lowest BCUT2D eigenvalue weighted by Gasteiger charge is -2.25. The Hall–Kier alpha value is -1.22. The number of nitrogens with zero attached hydrogens (tertiary/aromatic N) is 1. The number of nitrogens with two attached hydrogens (primary N) is 2. The Morgan fingerprint density at radius 3 is 2.16 bits per heavy atom. The van der Waals surface area contributed by atoms with Gasteiger partial charge in [-0.1, -0.05) is 45.0 Å². The molecule has 0 aromatic carbocycles. The largest absolute Gasteiger partial charge is 0.397 e. The van der Waals surface area contributed by atoms with Crippen LogP contribution in [0, 0.1) is 17.8 Å². The van der Waals surface area contributed by atoms with Crippen LogP contribution in [0.3, 0.4) is 0 Å². The molecular formula is C15H26ClN3. The molecule has 0 spiro atoms. The van der Waals surface area contributed by atoms with Crippen LogP contribution in [0.15, 0.2) is 41.3 Å². The molecule has 3 nitrogen and oxygen atoms in total. The second-order valence-electron chi connectivity index (χ2n) is 5.23. The second kappa shape index (κ2) is 8.05. The number of rotatable bonds is 7. The molecular weight excluding hydrogens is 258 g/mol. The van der Waals surface area contributed by atoms with Crippen molar-refractivity contribution in [3.8, 4) is 0 Å². The molecule has 108 valence electrons. The van der Waals surface area contributed by atoms with Crippen molar-refractivity contribution >= 4 is 16.8 Å². The highest BCUT2D eigenvalue weighted by atomic mass is 35.5. The Morgan fingerprint density at radius 1 is 1.32 bits per heavy atom. The van der Waals surface area contributed by atoms with Crippen molar-refractivity contribution in [2.24, 2.45) is 34.2 Å². The quantitative estimate of drug-likeness (QED) is 0.424. The molecule has 0 radical (unpaired) electrons. The van der Waals surface area contributed by atoms with Crippen LogP contribution in [0.2, 0.25) is 0 Å². The molecule has 0 saturated heterocycles. The fourth-order valence-electron chi connectivity index (χ4n) is 2.19. The first kappa shape index (κ1) is 17.8. The van der Waals surface area contributed by atoms with E-state index in [1.807, 2.05) is 6.08 Å². The Morgan fingerprint density at radius 2 is 1.84 bits per heavy atom. The van der Waals surface area contributed by atoms with Crippen molar-refractivity contribution in [3.05, 3.63) is 36.3 Å². The summed E-state index contributed by atoms with van der Waals surface area (Å²) < 4.78 is 0. The van der Waals surface area contributed by atoms with Crippen LogP contribution in [-0.2, 0) is 0 Å². The van der Waals surface area contributed by atoms with Crippen molar-refractivity contribution in [1.29, 1.82) is 0 Å². The average molecular weight is 284 g/mol. The fourth-order valence-corrected chi connectivity index (χ4v) is 2.29. The molecule has 0 bridgehead atoms. The van der Waals surface area contributed by atoms with Crippen molar-refractivity contribution in [3.63, 3.8) is 0 Å². The Labute approximate surface area is 122 Å². The van der Waals surface area contributed by atoms with E-state index in [0.29, 0.717) is 46.4 Å². The molecule has 2 unspecified atom stereocenters. The number of halogens is 1. The molecule has 0 saturated carbocycles. The summed E-state index contributed by atoms with van der Waals surface area (Å²) in [6, 6.07) is 0. The highest BCUT2D eigenvalue weighted by molar-refractivity contribution is 6.64. The lowest BCUT2D eigenvalue weighted by molar-refractivity contribution is 0.331. The van der Waals surface area contributed by atoms with Gasteiger partial charge in [0.15, 0.2) is 0 Å². The van der Waals surface area contributed by atoms with Crippen molar-refractivity contribution < 1.29 is 0 Å². The molecule has 0 aliphatic carbocycles. The van der Waals surface area contributed by atoms with Crippen LogP contribution < -0.4 is 11.5 Å². The Balaban J connectivity index is 5.25. The van der Waals surface area contributed by atoms with Crippen LogP contribution in [0.1, 0.15) is 34.1 Å². The van der Waals surface area contributed by atoms with Crippen molar-refractivity contribution in [1.82, 2.24) is 0 Å². The topological polar surface area (TPSA) is 64.4 Å². The van der Waals surface area contributed by atoms with E-state index in [4.69, 9.17) is 23.1 Å². The molecule has 2 atom stereocenters. The highest BCUT2D eigenvalue weighted by Gasteiger charge is 2.20. The standard InChI is InChI=1S/C15H26ClN3/c1-7-13(9(2)3)10(4)8-14(19-12(6)16)15(18)11(5)17/h7,9-10,13H,1,5,8,17-18H2,2-4,6H3/b15-14+,19-12+. The van der Waals surface area contributed by atoms with Gasteiger partial charge in [0, 0.05) is 5.70 Å². The monoisotopic (exact) mass is 283 g/mol. The molecule has 0 aliphatic heterocycles. The summed E-state index contributed by atoms with van der Waals surface area (Å²) in [5.74, 6) is 1.25. The molecule has 19 heavy (non-hydrogen) atoms. The zero-order valence-corrected chi connectivity index (χ0v) is 13.2. The number of aliphatic imine (C=N–C) groups is 1. The molecule has 0 rings (SSSR count). The number of allylic oxidation sites excluding steroid dienone is 2. The zero-order valence-electron chi connectivity index (χ0n) is 12.4. The molecule has 0 fully saturated rings. The van der Waals surface area contributed by atoms with Crippen molar-refractivity contribution in [2.45, 2.75) is 34.1 Å². The van der Waals surface area contributed by atoms with E-state index >= 15 is 0 Å². The van der Waals surface area contributed by atoms with Crippen LogP contribution in [-0.4, -0.2) is 5.17 Å². The van der Waals surface area contributed by atoms with Crippen LogP contribution in [0.4, 0.5) is 0 Å². The highest BCUT2D eigenvalue weighted by Crippen LogP contribution is 2.29. The first-order chi connectivity index (χ1) is 8.70. The van der Waals surface area contributed by atoms with Gasteiger partial charge in [-0.25, -0.2) is 4.99 Å². The third-order valence-electron chi connectivity index (χ3n) is 3.16. The smallest absolute Gasteiger partial charge is 0.103 e. The van der Waals surface area contributed by atoms with Gasteiger partial charge in [0.25, 0.3) is 0 Å². The van der Waals surface area contributed by atoms with Gasteiger partial charge in [0.2, 0.25) is 0 Å². The molecule has 0 aliphatic rings. The summed E-state index contributed by atoms with van der Waals surface area (Å²) in [4.78, 5) is 4.28. The second-order valence-corrected chi connectivity index (χ2v) is 5.78. The minimum Gasteiger partial charge on any atom is -0.397 e. The maximum atomic E-state index is 5.94. The maximum Gasteiger partial charge on any atom is 0.103 e. The van der Waals surface area contributed by atoms with E-state index in [0.717, 1.165) is 0 Å². The fraction of sp³-hybridized carbons (Fsp3) is 0.533. The van der Waals surface area contributed by atoms with Gasteiger partial charge in [0.05, 0.1) is 11.4 Å². The predicted octanol–water partition coefficient (Wildman–Crippen LogP) is 3.77. The first-order valence-electron chi connectivity index (χ1n) is 6.47. The first-order valence-corrected chi connectivity index (χ1v) is 6.85. The minimum atomic E-state index is 0.323. The Kier molecular flexibility index (Phi) is 7.53. The minimum absolute atomic E-state index is 0.323.